The third kappa shape index (κ3) is 4.48. The monoisotopic (exact) mass is 450 g/mol. The van der Waals surface area contributed by atoms with Crippen LogP contribution in [0.5, 0.6) is 11.5 Å². The summed E-state index contributed by atoms with van der Waals surface area (Å²) in [6.07, 6.45) is 1.71. The maximum Gasteiger partial charge on any atom is 0.269 e. The van der Waals surface area contributed by atoms with E-state index in [1.54, 1.807) is 31.4 Å². The van der Waals surface area contributed by atoms with Gasteiger partial charge in [0.05, 0.1) is 33.9 Å². The largest absolute Gasteiger partial charge is 0.493 e. The van der Waals surface area contributed by atoms with Gasteiger partial charge >= 0.3 is 0 Å². The van der Waals surface area contributed by atoms with Crippen LogP contribution in [0.15, 0.2) is 36.4 Å². The number of hydrogen-bond acceptors (Lipinski definition) is 5. The molecule has 0 atom stereocenters. The zero-order chi connectivity index (χ0) is 18.4. The number of methoxy groups -OCH3 is 1. The number of nitro benzene ring substituents is 1. The lowest BCUT2D eigenvalue weighted by Crippen LogP contribution is -1.98. The summed E-state index contributed by atoms with van der Waals surface area (Å²) in [6, 6.07) is 11.7. The molecule has 0 aromatic heterocycles. The molecule has 0 heterocycles. The third-order valence-corrected chi connectivity index (χ3v) is 4.16. The molecule has 2 rings (SSSR count). The fraction of sp³-hybridized carbons (Fsp3) is 0.167. The van der Waals surface area contributed by atoms with Gasteiger partial charge in [0.1, 0.15) is 0 Å². The molecule has 128 valence electrons. The Bertz CT molecular complexity index is 855. The number of nitrogens with zero attached hydrogens (tertiary/aromatic N) is 2. The Morgan fingerprint density at radius 3 is 2.56 bits per heavy atom. The minimum Gasteiger partial charge on any atom is -0.493 e. The van der Waals surface area contributed by atoms with Crippen molar-refractivity contribution in [3.05, 3.63) is 61.2 Å². The Hall–Kier alpha value is -2.60. The Morgan fingerprint density at radius 2 is 2.04 bits per heavy atom. The van der Waals surface area contributed by atoms with Crippen LogP contribution in [-0.4, -0.2) is 18.6 Å². The average molecular weight is 450 g/mol. The molecule has 0 aliphatic rings. The lowest BCUT2D eigenvalue weighted by Gasteiger charge is -2.12. The molecule has 7 heteroatoms. The molecule has 0 aliphatic carbocycles. The Morgan fingerprint density at radius 1 is 1.36 bits per heavy atom. The highest BCUT2D eigenvalue weighted by molar-refractivity contribution is 14.1. The number of ether oxygens (including phenoxy) is 2. The van der Waals surface area contributed by atoms with E-state index >= 15 is 0 Å². The Balaban J connectivity index is 2.44. The van der Waals surface area contributed by atoms with Crippen molar-refractivity contribution < 1.29 is 14.4 Å². The number of halogens is 1. The van der Waals surface area contributed by atoms with Crippen molar-refractivity contribution in [1.82, 2.24) is 0 Å². The summed E-state index contributed by atoms with van der Waals surface area (Å²) in [5.74, 6) is 1.25. The van der Waals surface area contributed by atoms with E-state index in [9.17, 15) is 15.4 Å². The summed E-state index contributed by atoms with van der Waals surface area (Å²) in [6.45, 7) is 2.42. The van der Waals surface area contributed by atoms with Gasteiger partial charge in [0.2, 0.25) is 0 Å². The maximum atomic E-state index is 10.7. The predicted molar refractivity (Wildman–Crippen MR) is 103 cm³/mol. The van der Waals surface area contributed by atoms with Gasteiger partial charge in [-0.1, -0.05) is 0 Å². The smallest absolute Gasteiger partial charge is 0.269 e. The van der Waals surface area contributed by atoms with Gasteiger partial charge in [-0.3, -0.25) is 10.1 Å². The topological polar surface area (TPSA) is 85.4 Å². The van der Waals surface area contributed by atoms with Crippen LogP contribution in [0, 0.1) is 25.0 Å². The molecular formula is C18H15IN2O4. The SMILES string of the molecule is CCOc1c(I)cc(/C=C(\C#N)c2ccc([N+](=O)[O-])cc2)cc1OC. The van der Waals surface area contributed by atoms with Gasteiger partial charge in [-0.25, -0.2) is 0 Å². The first-order valence-electron chi connectivity index (χ1n) is 7.37. The number of hydrogen-bond donors (Lipinski definition) is 0. The van der Waals surface area contributed by atoms with Crippen molar-refractivity contribution in [2.24, 2.45) is 0 Å². The van der Waals surface area contributed by atoms with Crippen LogP contribution in [0.4, 0.5) is 5.69 Å². The Kier molecular flexibility index (Phi) is 6.36. The van der Waals surface area contributed by atoms with Crippen LogP contribution >= 0.6 is 22.6 Å². The van der Waals surface area contributed by atoms with Crippen LogP contribution < -0.4 is 9.47 Å². The first-order valence-corrected chi connectivity index (χ1v) is 8.45. The van der Waals surface area contributed by atoms with Crippen molar-refractivity contribution in [2.45, 2.75) is 6.92 Å². The van der Waals surface area contributed by atoms with E-state index in [1.807, 2.05) is 13.0 Å². The summed E-state index contributed by atoms with van der Waals surface area (Å²) >= 11 is 2.15. The predicted octanol–water partition coefficient (Wildman–Crippen LogP) is 4.67. The molecule has 0 amide bonds. The summed E-state index contributed by atoms with van der Waals surface area (Å²) in [7, 11) is 1.56. The molecule has 25 heavy (non-hydrogen) atoms. The van der Waals surface area contributed by atoms with Gasteiger partial charge < -0.3 is 9.47 Å². The summed E-state index contributed by atoms with van der Waals surface area (Å²) in [5, 5.41) is 20.2. The zero-order valence-electron chi connectivity index (χ0n) is 13.7. The molecule has 0 bridgehead atoms. The molecule has 2 aromatic rings. The molecule has 6 nitrogen and oxygen atoms in total. The second-order valence-corrected chi connectivity index (χ2v) is 6.10. The highest BCUT2D eigenvalue weighted by Gasteiger charge is 2.12. The van der Waals surface area contributed by atoms with Crippen molar-refractivity contribution in [3.8, 4) is 17.6 Å². The van der Waals surface area contributed by atoms with Crippen LogP contribution in [0.3, 0.4) is 0 Å². The molecule has 0 radical (unpaired) electrons. The number of non-ortho nitro benzene ring substituents is 1. The first-order chi connectivity index (χ1) is 12.0. The van der Waals surface area contributed by atoms with Gasteiger partial charge in [-0.2, -0.15) is 5.26 Å². The molecule has 0 unspecified atom stereocenters. The standard InChI is InChI=1S/C18H15IN2O4/c1-3-25-18-16(19)9-12(10-17(18)24-2)8-14(11-20)13-4-6-15(7-5-13)21(22)23/h4-10H,3H2,1-2H3/b14-8+. The van der Waals surface area contributed by atoms with Crippen LogP contribution in [0.1, 0.15) is 18.1 Å². The van der Waals surface area contributed by atoms with E-state index in [4.69, 9.17) is 9.47 Å². The fourth-order valence-corrected chi connectivity index (χ4v) is 3.00. The summed E-state index contributed by atoms with van der Waals surface area (Å²) in [5.41, 5.74) is 1.77. The molecular weight excluding hydrogens is 435 g/mol. The van der Waals surface area contributed by atoms with Gasteiger partial charge in [-0.05, 0) is 71.0 Å². The zero-order valence-corrected chi connectivity index (χ0v) is 15.8. The number of rotatable bonds is 6. The molecule has 0 spiro atoms. The lowest BCUT2D eigenvalue weighted by molar-refractivity contribution is -0.384. The quantitative estimate of drug-likeness (QED) is 0.210. The van der Waals surface area contributed by atoms with Crippen molar-refractivity contribution in [3.63, 3.8) is 0 Å². The molecule has 0 fully saturated rings. The van der Waals surface area contributed by atoms with E-state index < -0.39 is 4.92 Å². The minimum absolute atomic E-state index is 0.0154. The maximum absolute atomic E-state index is 10.7. The average Bonchev–Trinajstić information content (AvgIpc) is 2.61. The summed E-state index contributed by atoms with van der Waals surface area (Å²) in [4.78, 5) is 10.3. The lowest BCUT2D eigenvalue weighted by atomic mass is 10.0. The first kappa shape index (κ1) is 18.7. The van der Waals surface area contributed by atoms with E-state index in [-0.39, 0.29) is 5.69 Å². The van der Waals surface area contributed by atoms with Gasteiger partial charge in [-0.15, -0.1) is 0 Å². The summed E-state index contributed by atoms with van der Waals surface area (Å²) < 4.78 is 11.8. The highest BCUT2D eigenvalue weighted by atomic mass is 127. The highest BCUT2D eigenvalue weighted by Crippen LogP contribution is 2.35. The van der Waals surface area contributed by atoms with E-state index in [1.165, 1.54) is 12.1 Å². The number of nitriles is 1. The van der Waals surface area contributed by atoms with Crippen molar-refractivity contribution >= 4 is 39.9 Å². The van der Waals surface area contributed by atoms with Crippen molar-refractivity contribution in [1.29, 1.82) is 5.26 Å². The van der Waals surface area contributed by atoms with Crippen LogP contribution in [0.2, 0.25) is 0 Å². The minimum atomic E-state index is -0.473. The van der Waals surface area contributed by atoms with Gasteiger partial charge in [0, 0.05) is 12.1 Å². The van der Waals surface area contributed by atoms with Crippen LogP contribution in [-0.2, 0) is 0 Å². The molecule has 0 N–H and O–H groups in total. The number of benzene rings is 2. The number of allylic oxidation sites excluding steroid dienone is 1. The van der Waals surface area contributed by atoms with E-state index in [0.717, 1.165) is 9.13 Å². The van der Waals surface area contributed by atoms with E-state index in [2.05, 4.69) is 28.7 Å². The normalized spacial score (nSPS) is 10.9. The Labute approximate surface area is 159 Å². The second kappa shape index (κ2) is 8.48. The van der Waals surface area contributed by atoms with Gasteiger partial charge in [0.25, 0.3) is 5.69 Å². The number of nitro groups is 1. The fourth-order valence-electron chi connectivity index (χ4n) is 2.22. The van der Waals surface area contributed by atoms with Crippen molar-refractivity contribution in [2.75, 3.05) is 13.7 Å². The van der Waals surface area contributed by atoms with E-state index in [0.29, 0.717) is 29.2 Å². The second-order valence-electron chi connectivity index (χ2n) is 4.94. The molecule has 0 aliphatic heterocycles. The van der Waals surface area contributed by atoms with Crippen LogP contribution in [0.25, 0.3) is 11.6 Å². The third-order valence-electron chi connectivity index (χ3n) is 3.36. The molecule has 2 aromatic carbocycles. The molecule has 0 saturated heterocycles. The van der Waals surface area contributed by atoms with Gasteiger partial charge in [0.15, 0.2) is 11.5 Å². The molecule has 0 saturated carbocycles.